The number of aromatic nitrogens is 2. The SMILES string of the molecule is CCCCC(=O)Nc1ccc(Nc2nc(C)cc(C)n2)cc1. The summed E-state index contributed by atoms with van der Waals surface area (Å²) in [5.41, 5.74) is 3.54. The van der Waals surface area contributed by atoms with Gasteiger partial charge >= 0.3 is 0 Å². The fraction of sp³-hybridized carbons (Fsp3) is 0.353. The van der Waals surface area contributed by atoms with Gasteiger partial charge in [0.1, 0.15) is 0 Å². The normalized spacial score (nSPS) is 10.3. The number of carbonyl (C=O) groups excluding carboxylic acids is 1. The Morgan fingerprint density at radius 1 is 1.05 bits per heavy atom. The second-order valence-electron chi connectivity index (χ2n) is 5.33. The maximum atomic E-state index is 11.7. The number of carbonyl (C=O) groups is 1. The van der Waals surface area contributed by atoms with Crippen molar-refractivity contribution >= 4 is 23.2 Å². The molecule has 2 aromatic rings. The summed E-state index contributed by atoms with van der Waals surface area (Å²) in [7, 11) is 0. The average Bonchev–Trinajstić information content (AvgIpc) is 2.46. The van der Waals surface area contributed by atoms with Crippen LogP contribution in [-0.2, 0) is 4.79 Å². The highest BCUT2D eigenvalue weighted by atomic mass is 16.1. The zero-order chi connectivity index (χ0) is 15.9. The van der Waals surface area contributed by atoms with Crippen LogP contribution in [-0.4, -0.2) is 15.9 Å². The van der Waals surface area contributed by atoms with Gasteiger partial charge in [-0.05, 0) is 50.6 Å². The second kappa shape index (κ2) is 7.54. The molecule has 0 spiro atoms. The van der Waals surface area contributed by atoms with Crippen molar-refractivity contribution in [1.29, 1.82) is 0 Å². The molecule has 0 radical (unpaired) electrons. The molecule has 2 N–H and O–H groups in total. The van der Waals surface area contributed by atoms with E-state index in [0.717, 1.165) is 35.6 Å². The largest absolute Gasteiger partial charge is 0.326 e. The van der Waals surface area contributed by atoms with Crippen molar-refractivity contribution in [2.45, 2.75) is 40.0 Å². The van der Waals surface area contributed by atoms with Crippen LogP contribution in [0.4, 0.5) is 17.3 Å². The summed E-state index contributed by atoms with van der Waals surface area (Å²) in [5, 5.41) is 6.05. The van der Waals surface area contributed by atoms with Gasteiger partial charge in [0.15, 0.2) is 0 Å². The zero-order valence-corrected chi connectivity index (χ0v) is 13.3. The van der Waals surface area contributed by atoms with Crippen LogP contribution in [0.5, 0.6) is 0 Å². The summed E-state index contributed by atoms with van der Waals surface area (Å²) in [5.74, 6) is 0.637. The number of rotatable bonds is 6. The maximum absolute atomic E-state index is 11.7. The third kappa shape index (κ3) is 4.84. The van der Waals surface area contributed by atoms with E-state index < -0.39 is 0 Å². The van der Waals surface area contributed by atoms with E-state index >= 15 is 0 Å². The van der Waals surface area contributed by atoms with Crippen molar-refractivity contribution in [2.24, 2.45) is 0 Å². The standard InChI is InChI=1S/C17H22N4O/c1-4-5-6-16(22)20-14-7-9-15(10-8-14)21-17-18-12(2)11-13(3)19-17/h7-11H,4-6H2,1-3H3,(H,20,22)(H,18,19,21). The average molecular weight is 298 g/mol. The first-order valence-electron chi connectivity index (χ1n) is 7.56. The van der Waals surface area contributed by atoms with Gasteiger partial charge in [0.25, 0.3) is 0 Å². The van der Waals surface area contributed by atoms with Crippen LogP contribution < -0.4 is 10.6 Å². The van der Waals surface area contributed by atoms with Crippen LogP contribution in [0.3, 0.4) is 0 Å². The van der Waals surface area contributed by atoms with E-state index in [-0.39, 0.29) is 5.91 Å². The highest BCUT2D eigenvalue weighted by Crippen LogP contribution is 2.17. The van der Waals surface area contributed by atoms with Crippen molar-refractivity contribution in [1.82, 2.24) is 9.97 Å². The first kappa shape index (κ1) is 15.9. The number of anilines is 3. The minimum absolute atomic E-state index is 0.0557. The quantitative estimate of drug-likeness (QED) is 0.847. The lowest BCUT2D eigenvalue weighted by molar-refractivity contribution is -0.116. The number of nitrogens with one attached hydrogen (secondary N) is 2. The Balaban J connectivity index is 1.98. The summed E-state index contributed by atoms with van der Waals surface area (Å²) in [4.78, 5) is 20.4. The lowest BCUT2D eigenvalue weighted by Gasteiger charge is -2.08. The molecule has 0 fully saturated rings. The molecule has 1 aromatic carbocycles. The first-order chi connectivity index (χ1) is 10.6. The van der Waals surface area contributed by atoms with Gasteiger partial charge in [-0.25, -0.2) is 9.97 Å². The maximum Gasteiger partial charge on any atom is 0.227 e. The number of nitrogens with zero attached hydrogens (tertiary/aromatic N) is 2. The Labute approximate surface area is 131 Å². The Kier molecular flexibility index (Phi) is 5.47. The molecule has 1 aromatic heterocycles. The molecule has 0 saturated carbocycles. The van der Waals surface area contributed by atoms with E-state index in [1.54, 1.807) is 0 Å². The van der Waals surface area contributed by atoms with E-state index in [1.807, 2.05) is 44.2 Å². The lowest BCUT2D eigenvalue weighted by atomic mass is 10.2. The van der Waals surface area contributed by atoms with Crippen molar-refractivity contribution in [3.63, 3.8) is 0 Å². The van der Waals surface area contributed by atoms with Crippen LogP contribution in [0.15, 0.2) is 30.3 Å². The highest BCUT2D eigenvalue weighted by Gasteiger charge is 2.03. The number of hydrogen-bond acceptors (Lipinski definition) is 4. The molecule has 0 aliphatic rings. The summed E-state index contributed by atoms with van der Waals surface area (Å²) in [6, 6.07) is 9.47. The summed E-state index contributed by atoms with van der Waals surface area (Å²) in [6.07, 6.45) is 2.49. The van der Waals surface area contributed by atoms with Gasteiger partial charge in [0, 0.05) is 29.2 Å². The lowest BCUT2D eigenvalue weighted by Crippen LogP contribution is -2.10. The summed E-state index contributed by atoms with van der Waals surface area (Å²) >= 11 is 0. The van der Waals surface area contributed by atoms with Gasteiger partial charge in [-0.3, -0.25) is 4.79 Å². The van der Waals surface area contributed by atoms with Crippen LogP contribution in [0, 0.1) is 13.8 Å². The monoisotopic (exact) mass is 298 g/mol. The van der Waals surface area contributed by atoms with Crippen molar-refractivity contribution in [2.75, 3.05) is 10.6 Å². The van der Waals surface area contributed by atoms with Crippen LogP contribution in [0.25, 0.3) is 0 Å². The molecule has 0 saturated heterocycles. The van der Waals surface area contributed by atoms with Gasteiger partial charge in [0.2, 0.25) is 11.9 Å². The van der Waals surface area contributed by atoms with E-state index in [2.05, 4.69) is 27.5 Å². The Hall–Kier alpha value is -2.43. The first-order valence-corrected chi connectivity index (χ1v) is 7.56. The van der Waals surface area contributed by atoms with Crippen LogP contribution in [0.2, 0.25) is 0 Å². The van der Waals surface area contributed by atoms with Gasteiger partial charge in [0.05, 0.1) is 0 Å². The molecular formula is C17H22N4O. The van der Waals surface area contributed by atoms with E-state index in [9.17, 15) is 4.79 Å². The van der Waals surface area contributed by atoms with Crippen LogP contribution in [0.1, 0.15) is 37.6 Å². The van der Waals surface area contributed by atoms with Crippen LogP contribution >= 0.6 is 0 Å². The number of amides is 1. The molecule has 2 rings (SSSR count). The van der Waals surface area contributed by atoms with Crippen molar-refractivity contribution < 1.29 is 4.79 Å². The molecule has 5 heteroatoms. The molecule has 22 heavy (non-hydrogen) atoms. The summed E-state index contributed by atoms with van der Waals surface area (Å²) in [6.45, 7) is 5.95. The number of unbranched alkanes of at least 4 members (excludes halogenated alkanes) is 1. The smallest absolute Gasteiger partial charge is 0.227 e. The molecule has 5 nitrogen and oxygen atoms in total. The van der Waals surface area contributed by atoms with E-state index in [4.69, 9.17) is 0 Å². The van der Waals surface area contributed by atoms with Gasteiger partial charge in [-0.15, -0.1) is 0 Å². The highest BCUT2D eigenvalue weighted by molar-refractivity contribution is 5.90. The Morgan fingerprint density at radius 2 is 1.64 bits per heavy atom. The predicted octanol–water partition coefficient (Wildman–Crippen LogP) is 3.97. The molecule has 0 aliphatic carbocycles. The number of aryl methyl sites for hydroxylation is 2. The fourth-order valence-corrected chi connectivity index (χ4v) is 2.11. The molecule has 0 bridgehead atoms. The number of hydrogen-bond donors (Lipinski definition) is 2. The third-order valence-electron chi connectivity index (χ3n) is 3.16. The molecule has 1 amide bonds. The molecule has 0 aliphatic heterocycles. The van der Waals surface area contributed by atoms with Gasteiger partial charge in [-0.1, -0.05) is 13.3 Å². The molecular weight excluding hydrogens is 276 g/mol. The van der Waals surface area contributed by atoms with Crippen molar-refractivity contribution in [3.8, 4) is 0 Å². The van der Waals surface area contributed by atoms with E-state index in [0.29, 0.717) is 12.4 Å². The summed E-state index contributed by atoms with van der Waals surface area (Å²) < 4.78 is 0. The fourth-order valence-electron chi connectivity index (χ4n) is 2.11. The zero-order valence-electron chi connectivity index (χ0n) is 13.3. The number of benzene rings is 1. The van der Waals surface area contributed by atoms with E-state index in [1.165, 1.54) is 0 Å². The molecule has 0 unspecified atom stereocenters. The third-order valence-corrected chi connectivity index (χ3v) is 3.16. The topological polar surface area (TPSA) is 66.9 Å². The second-order valence-corrected chi connectivity index (χ2v) is 5.33. The molecule has 0 atom stereocenters. The minimum Gasteiger partial charge on any atom is -0.326 e. The minimum atomic E-state index is 0.0557. The van der Waals surface area contributed by atoms with Crippen molar-refractivity contribution in [3.05, 3.63) is 41.7 Å². The Bertz CT molecular complexity index is 617. The van der Waals surface area contributed by atoms with Gasteiger partial charge in [-0.2, -0.15) is 0 Å². The van der Waals surface area contributed by atoms with Gasteiger partial charge < -0.3 is 10.6 Å². The Morgan fingerprint density at radius 3 is 2.23 bits per heavy atom. The molecule has 1 heterocycles. The predicted molar refractivity (Wildman–Crippen MR) is 89.4 cm³/mol. The molecule has 116 valence electrons.